The number of nitrogens with two attached hydrogens (primary N) is 1. The Labute approximate surface area is 99.1 Å². The Morgan fingerprint density at radius 2 is 1.81 bits per heavy atom. The Kier molecular flexibility index (Phi) is 4.37. The molecule has 0 heterocycles. The van der Waals surface area contributed by atoms with Gasteiger partial charge in [0.15, 0.2) is 0 Å². The van der Waals surface area contributed by atoms with E-state index in [-0.39, 0.29) is 17.3 Å². The lowest BCUT2D eigenvalue weighted by Crippen LogP contribution is -2.56. The van der Waals surface area contributed by atoms with Crippen LogP contribution in [0.2, 0.25) is 0 Å². The molecule has 0 saturated heterocycles. The number of likely N-dealkylation sites (N-methyl/N-ethyl adjacent to an activating group) is 1. The lowest BCUT2D eigenvalue weighted by molar-refractivity contribution is 0.121. The zero-order chi connectivity index (χ0) is 12.4. The topological polar surface area (TPSA) is 63.4 Å². The minimum atomic E-state index is -2.90. The van der Waals surface area contributed by atoms with Crippen molar-refractivity contribution in [1.29, 1.82) is 0 Å². The summed E-state index contributed by atoms with van der Waals surface area (Å²) < 4.78 is 22.3. The van der Waals surface area contributed by atoms with Crippen molar-refractivity contribution in [1.82, 2.24) is 4.90 Å². The van der Waals surface area contributed by atoms with Gasteiger partial charge in [-0.15, -0.1) is 0 Å². The lowest BCUT2D eigenvalue weighted by atomic mass is 9.86. The summed E-state index contributed by atoms with van der Waals surface area (Å²) in [5.41, 5.74) is 6.23. The maximum atomic E-state index is 11.2. The summed E-state index contributed by atoms with van der Waals surface area (Å²) in [4.78, 5) is 2.19. The third kappa shape index (κ3) is 3.18. The molecule has 0 aliphatic heterocycles. The minimum Gasteiger partial charge on any atom is -0.326 e. The van der Waals surface area contributed by atoms with E-state index in [4.69, 9.17) is 5.73 Å². The Morgan fingerprint density at radius 1 is 1.31 bits per heavy atom. The van der Waals surface area contributed by atoms with E-state index in [2.05, 4.69) is 4.90 Å². The van der Waals surface area contributed by atoms with Crippen LogP contribution in [0, 0.1) is 0 Å². The molecular weight excluding hydrogens is 224 g/mol. The third-order valence-corrected chi connectivity index (χ3v) is 4.83. The number of hydrogen-bond donors (Lipinski definition) is 1. The second-order valence-corrected chi connectivity index (χ2v) is 7.49. The molecule has 0 aromatic carbocycles. The second-order valence-electron chi connectivity index (χ2n) is 5.23. The normalized spacial score (nSPS) is 22.6. The quantitative estimate of drug-likeness (QED) is 0.775. The van der Waals surface area contributed by atoms with E-state index < -0.39 is 9.84 Å². The van der Waals surface area contributed by atoms with E-state index in [0.717, 1.165) is 12.8 Å². The number of rotatable bonds is 5. The van der Waals surface area contributed by atoms with Gasteiger partial charge in [-0.1, -0.05) is 12.8 Å². The van der Waals surface area contributed by atoms with Gasteiger partial charge in [0.25, 0.3) is 0 Å². The predicted molar refractivity (Wildman–Crippen MR) is 67.2 cm³/mol. The summed E-state index contributed by atoms with van der Waals surface area (Å²) in [5.74, 6) is 0.198. The molecule has 5 heteroatoms. The van der Waals surface area contributed by atoms with E-state index in [9.17, 15) is 8.42 Å². The first-order chi connectivity index (χ1) is 7.28. The molecular formula is C11H24N2O2S. The molecule has 1 atom stereocenters. The molecule has 2 N–H and O–H groups in total. The van der Waals surface area contributed by atoms with E-state index in [1.165, 1.54) is 19.1 Å². The Hall–Kier alpha value is -0.130. The average molecular weight is 248 g/mol. The first-order valence-electron chi connectivity index (χ1n) is 5.89. The zero-order valence-electron chi connectivity index (χ0n) is 10.6. The molecule has 1 unspecified atom stereocenters. The van der Waals surface area contributed by atoms with Crippen LogP contribution >= 0.6 is 0 Å². The third-order valence-electron chi connectivity index (χ3n) is 3.85. The van der Waals surface area contributed by atoms with Gasteiger partial charge in [0.2, 0.25) is 0 Å². The standard InChI is InChI=1S/C11H24N2O2S/c1-13(2)11(7-4-5-8-11)10(12)6-9-16(3,14)15/h10H,4-9,12H2,1-3H3. The summed E-state index contributed by atoms with van der Waals surface area (Å²) in [6, 6.07) is -0.0419. The average Bonchev–Trinajstić information content (AvgIpc) is 2.62. The maximum absolute atomic E-state index is 11.2. The molecule has 0 radical (unpaired) electrons. The Morgan fingerprint density at radius 3 is 2.19 bits per heavy atom. The van der Waals surface area contributed by atoms with Crippen LogP contribution in [0.15, 0.2) is 0 Å². The largest absolute Gasteiger partial charge is 0.326 e. The number of sulfone groups is 1. The highest BCUT2D eigenvalue weighted by Crippen LogP contribution is 2.36. The fourth-order valence-corrected chi connectivity index (χ4v) is 3.43. The van der Waals surface area contributed by atoms with Gasteiger partial charge in [0.1, 0.15) is 9.84 Å². The van der Waals surface area contributed by atoms with E-state index in [0.29, 0.717) is 6.42 Å². The highest BCUT2D eigenvalue weighted by Gasteiger charge is 2.41. The van der Waals surface area contributed by atoms with Crippen molar-refractivity contribution < 1.29 is 8.42 Å². The van der Waals surface area contributed by atoms with Crippen LogP contribution in [0.1, 0.15) is 32.1 Å². The summed E-state index contributed by atoms with van der Waals surface area (Å²) >= 11 is 0. The molecule has 1 aliphatic carbocycles. The van der Waals surface area contributed by atoms with Gasteiger partial charge in [-0.3, -0.25) is 0 Å². The van der Waals surface area contributed by atoms with Crippen molar-refractivity contribution in [2.45, 2.75) is 43.7 Å². The number of nitrogens with zero attached hydrogens (tertiary/aromatic N) is 1. The van der Waals surface area contributed by atoms with Crippen LogP contribution in [0.4, 0.5) is 0 Å². The van der Waals surface area contributed by atoms with Crippen LogP contribution in [0.5, 0.6) is 0 Å². The molecule has 0 spiro atoms. The second kappa shape index (κ2) is 5.02. The maximum Gasteiger partial charge on any atom is 0.147 e. The first kappa shape index (κ1) is 13.9. The van der Waals surface area contributed by atoms with Crippen molar-refractivity contribution >= 4 is 9.84 Å². The fraction of sp³-hybridized carbons (Fsp3) is 1.00. The van der Waals surface area contributed by atoms with E-state index in [1.807, 2.05) is 14.1 Å². The summed E-state index contributed by atoms with van der Waals surface area (Å²) in [5, 5.41) is 0. The van der Waals surface area contributed by atoms with E-state index in [1.54, 1.807) is 0 Å². The van der Waals surface area contributed by atoms with Crippen LogP contribution in [-0.2, 0) is 9.84 Å². The molecule has 96 valence electrons. The zero-order valence-corrected chi connectivity index (χ0v) is 11.4. The van der Waals surface area contributed by atoms with Gasteiger partial charge >= 0.3 is 0 Å². The van der Waals surface area contributed by atoms with Gasteiger partial charge in [-0.2, -0.15) is 0 Å². The van der Waals surface area contributed by atoms with Gasteiger partial charge in [0.05, 0.1) is 5.75 Å². The highest BCUT2D eigenvalue weighted by atomic mass is 32.2. The van der Waals surface area contributed by atoms with Gasteiger partial charge in [-0.05, 0) is 33.4 Å². The van der Waals surface area contributed by atoms with E-state index >= 15 is 0 Å². The smallest absolute Gasteiger partial charge is 0.147 e. The fourth-order valence-electron chi connectivity index (χ4n) is 2.75. The van der Waals surface area contributed by atoms with Crippen molar-refractivity contribution in [2.75, 3.05) is 26.1 Å². The Balaban J connectivity index is 2.66. The molecule has 4 nitrogen and oxygen atoms in total. The van der Waals surface area contributed by atoms with Crippen LogP contribution < -0.4 is 5.73 Å². The van der Waals surface area contributed by atoms with Gasteiger partial charge < -0.3 is 10.6 Å². The first-order valence-corrected chi connectivity index (χ1v) is 7.95. The monoisotopic (exact) mass is 248 g/mol. The molecule has 1 fully saturated rings. The molecule has 0 amide bonds. The number of hydrogen-bond acceptors (Lipinski definition) is 4. The molecule has 16 heavy (non-hydrogen) atoms. The van der Waals surface area contributed by atoms with Crippen molar-refractivity contribution in [3.8, 4) is 0 Å². The summed E-state index contributed by atoms with van der Waals surface area (Å²) in [6.07, 6.45) is 6.42. The van der Waals surface area contributed by atoms with Crippen LogP contribution in [-0.4, -0.2) is 51.0 Å². The van der Waals surface area contributed by atoms with Crippen LogP contribution in [0.25, 0.3) is 0 Å². The molecule has 0 aromatic heterocycles. The summed E-state index contributed by atoms with van der Waals surface area (Å²) in [7, 11) is 1.19. The molecule has 1 aliphatic rings. The molecule has 1 saturated carbocycles. The van der Waals surface area contributed by atoms with Gasteiger partial charge in [0, 0.05) is 17.8 Å². The minimum absolute atomic E-state index is 0.0185. The van der Waals surface area contributed by atoms with Crippen molar-refractivity contribution in [2.24, 2.45) is 5.73 Å². The molecule has 1 rings (SSSR count). The SMILES string of the molecule is CN(C)C1(C(N)CCS(C)(=O)=O)CCCC1. The predicted octanol–water partition coefficient (Wildman–Crippen LogP) is 0.623. The van der Waals surface area contributed by atoms with Crippen molar-refractivity contribution in [3.05, 3.63) is 0 Å². The highest BCUT2D eigenvalue weighted by molar-refractivity contribution is 7.90. The lowest BCUT2D eigenvalue weighted by Gasteiger charge is -2.41. The molecule has 0 bridgehead atoms. The summed E-state index contributed by atoms with van der Waals surface area (Å²) in [6.45, 7) is 0. The Bertz CT molecular complexity index is 319. The van der Waals surface area contributed by atoms with Crippen molar-refractivity contribution in [3.63, 3.8) is 0 Å². The molecule has 0 aromatic rings. The van der Waals surface area contributed by atoms with Crippen LogP contribution in [0.3, 0.4) is 0 Å². The van der Waals surface area contributed by atoms with Gasteiger partial charge in [-0.25, -0.2) is 8.42 Å².